The van der Waals surface area contributed by atoms with E-state index in [0.717, 1.165) is 11.5 Å². The normalized spacial score (nSPS) is 10.2. The van der Waals surface area contributed by atoms with E-state index in [4.69, 9.17) is 4.52 Å². The predicted molar refractivity (Wildman–Crippen MR) is 61.5 cm³/mol. The molecule has 0 unspecified atom stereocenters. The van der Waals surface area contributed by atoms with Gasteiger partial charge in [-0.2, -0.15) is 0 Å². The monoisotopic (exact) mass is 231 g/mol. The molecule has 0 aromatic carbocycles. The van der Waals surface area contributed by atoms with Gasteiger partial charge >= 0.3 is 0 Å². The second-order valence-corrected chi connectivity index (χ2v) is 3.68. The van der Waals surface area contributed by atoms with Crippen LogP contribution in [0, 0.1) is 6.92 Å². The molecule has 0 aliphatic rings. The van der Waals surface area contributed by atoms with Crippen LogP contribution in [0.1, 0.15) is 21.8 Å². The minimum atomic E-state index is -0.108. The molecule has 2 heterocycles. The van der Waals surface area contributed by atoms with Gasteiger partial charge < -0.3 is 9.84 Å². The van der Waals surface area contributed by atoms with Crippen molar-refractivity contribution in [2.75, 3.05) is 6.54 Å². The number of amides is 1. The van der Waals surface area contributed by atoms with Crippen LogP contribution in [-0.2, 0) is 6.42 Å². The Labute approximate surface area is 98.8 Å². The first kappa shape index (κ1) is 11.3. The average Bonchev–Trinajstić information content (AvgIpc) is 2.76. The largest absolute Gasteiger partial charge is 0.361 e. The molecule has 1 amide bonds. The number of carbonyl (C=O) groups is 1. The Morgan fingerprint density at radius 1 is 1.41 bits per heavy atom. The molecule has 5 heteroatoms. The molecule has 2 aromatic rings. The van der Waals surface area contributed by atoms with Crippen molar-refractivity contribution in [2.45, 2.75) is 13.3 Å². The van der Waals surface area contributed by atoms with Gasteiger partial charge in [-0.3, -0.25) is 9.78 Å². The molecule has 0 bridgehead atoms. The molecule has 0 atom stereocenters. The molecule has 0 saturated carbocycles. The van der Waals surface area contributed by atoms with Gasteiger partial charge in [0.25, 0.3) is 5.91 Å². The lowest BCUT2D eigenvalue weighted by Crippen LogP contribution is -2.25. The predicted octanol–water partition coefficient (Wildman–Crippen LogP) is 1.35. The van der Waals surface area contributed by atoms with Crippen LogP contribution in [0.5, 0.6) is 0 Å². The van der Waals surface area contributed by atoms with Crippen molar-refractivity contribution in [1.29, 1.82) is 0 Å². The van der Waals surface area contributed by atoms with Crippen molar-refractivity contribution >= 4 is 5.91 Å². The van der Waals surface area contributed by atoms with Gasteiger partial charge in [0.05, 0.1) is 5.69 Å². The molecular formula is C12H13N3O2. The minimum Gasteiger partial charge on any atom is -0.361 e. The number of nitrogens with zero attached hydrogens (tertiary/aromatic N) is 2. The van der Waals surface area contributed by atoms with E-state index < -0.39 is 0 Å². The lowest BCUT2D eigenvalue weighted by atomic mass is 10.2. The number of rotatable bonds is 4. The summed E-state index contributed by atoms with van der Waals surface area (Å²) in [5, 5.41) is 6.58. The zero-order valence-electron chi connectivity index (χ0n) is 9.51. The zero-order valence-corrected chi connectivity index (χ0v) is 9.51. The second kappa shape index (κ2) is 5.25. The summed E-state index contributed by atoms with van der Waals surface area (Å²) in [6, 6.07) is 5.21. The van der Waals surface area contributed by atoms with Crippen LogP contribution in [0.25, 0.3) is 0 Å². The first-order chi connectivity index (χ1) is 8.25. The van der Waals surface area contributed by atoms with Crippen molar-refractivity contribution in [3.63, 3.8) is 0 Å². The number of pyridine rings is 1. The van der Waals surface area contributed by atoms with Gasteiger partial charge in [-0.1, -0.05) is 5.16 Å². The van der Waals surface area contributed by atoms with Crippen LogP contribution in [-0.4, -0.2) is 22.6 Å². The summed E-state index contributed by atoms with van der Waals surface area (Å²) in [7, 11) is 0. The fraction of sp³-hybridized carbons (Fsp3) is 0.250. The molecule has 17 heavy (non-hydrogen) atoms. The minimum absolute atomic E-state index is 0.108. The Morgan fingerprint density at radius 3 is 2.82 bits per heavy atom. The molecule has 5 nitrogen and oxygen atoms in total. The smallest absolute Gasteiger partial charge is 0.251 e. The highest BCUT2D eigenvalue weighted by molar-refractivity contribution is 5.93. The lowest BCUT2D eigenvalue weighted by Gasteiger charge is -2.02. The lowest BCUT2D eigenvalue weighted by molar-refractivity contribution is 0.0953. The van der Waals surface area contributed by atoms with E-state index in [1.54, 1.807) is 24.5 Å². The van der Waals surface area contributed by atoms with Crippen LogP contribution in [0.3, 0.4) is 0 Å². The fourth-order valence-corrected chi connectivity index (χ4v) is 1.44. The maximum absolute atomic E-state index is 11.7. The van der Waals surface area contributed by atoms with E-state index in [9.17, 15) is 4.79 Å². The van der Waals surface area contributed by atoms with Gasteiger partial charge in [-0.15, -0.1) is 0 Å². The third-order valence-corrected chi connectivity index (χ3v) is 2.28. The molecule has 0 saturated heterocycles. The topological polar surface area (TPSA) is 68.0 Å². The first-order valence-electron chi connectivity index (χ1n) is 5.36. The standard InChI is InChI=1S/C12H13N3O2/c1-9-8-11(17-15-9)4-7-14-12(16)10-2-5-13-6-3-10/h2-3,5-6,8H,4,7H2,1H3,(H,14,16). The Hall–Kier alpha value is -2.17. The van der Waals surface area contributed by atoms with Gasteiger partial charge in [-0.25, -0.2) is 0 Å². The summed E-state index contributed by atoms with van der Waals surface area (Å²) < 4.78 is 5.04. The highest BCUT2D eigenvalue weighted by atomic mass is 16.5. The van der Waals surface area contributed by atoms with Crippen molar-refractivity contribution in [2.24, 2.45) is 0 Å². The summed E-state index contributed by atoms with van der Waals surface area (Å²) in [6.07, 6.45) is 3.82. The van der Waals surface area contributed by atoms with E-state index in [2.05, 4.69) is 15.5 Å². The molecule has 88 valence electrons. The van der Waals surface area contributed by atoms with Gasteiger partial charge in [0.1, 0.15) is 5.76 Å². The van der Waals surface area contributed by atoms with E-state index in [1.165, 1.54) is 0 Å². The number of nitrogens with one attached hydrogen (secondary N) is 1. The highest BCUT2D eigenvalue weighted by Crippen LogP contribution is 2.02. The molecule has 0 aliphatic heterocycles. The highest BCUT2D eigenvalue weighted by Gasteiger charge is 2.05. The molecule has 0 fully saturated rings. The summed E-state index contributed by atoms with van der Waals surface area (Å²) in [5.74, 6) is 0.668. The molecule has 1 N–H and O–H groups in total. The van der Waals surface area contributed by atoms with Gasteiger partial charge in [-0.05, 0) is 19.1 Å². The van der Waals surface area contributed by atoms with Crippen LogP contribution < -0.4 is 5.32 Å². The van der Waals surface area contributed by atoms with Crippen LogP contribution >= 0.6 is 0 Å². The summed E-state index contributed by atoms with van der Waals surface area (Å²) in [5.41, 5.74) is 1.45. The Kier molecular flexibility index (Phi) is 3.49. The summed E-state index contributed by atoms with van der Waals surface area (Å²) in [4.78, 5) is 15.5. The third-order valence-electron chi connectivity index (χ3n) is 2.28. The number of aryl methyl sites for hydroxylation is 1. The van der Waals surface area contributed by atoms with Crippen LogP contribution in [0.15, 0.2) is 35.1 Å². The van der Waals surface area contributed by atoms with Crippen molar-refractivity contribution < 1.29 is 9.32 Å². The molecule has 0 aliphatic carbocycles. The van der Waals surface area contributed by atoms with Crippen LogP contribution in [0.4, 0.5) is 0 Å². The quantitative estimate of drug-likeness (QED) is 0.862. The van der Waals surface area contributed by atoms with Crippen molar-refractivity contribution in [3.05, 3.63) is 47.6 Å². The fourth-order valence-electron chi connectivity index (χ4n) is 1.44. The average molecular weight is 231 g/mol. The van der Waals surface area contributed by atoms with E-state index >= 15 is 0 Å². The first-order valence-corrected chi connectivity index (χ1v) is 5.36. The maximum Gasteiger partial charge on any atom is 0.251 e. The maximum atomic E-state index is 11.7. The molecule has 0 spiro atoms. The number of hydrogen-bond acceptors (Lipinski definition) is 4. The van der Waals surface area contributed by atoms with E-state index in [-0.39, 0.29) is 5.91 Å². The Balaban J connectivity index is 1.81. The third kappa shape index (κ3) is 3.14. The Bertz CT molecular complexity index is 493. The number of aromatic nitrogens is 2. The van der Waals surface area contributed by atoms with Crippen LogP contribution in [0.2, 0.25) is 0 Å². The second-order valence-electron chi connectivity index (χ2n) is 3.68. The van der Waals surface area contributed by atoms with Gasteiger partial charge in [0, 0.05) is 37.0 Å². The Morgan fingerprint density at radius 2 is 2.18 bits per heavy atom. The SMILES string of the molecule is Cc1cc(CCNC(=O)c2ccncc2)on1. The van der Waals surface area contributed by atoms with Crippen molar-refractivity contribution in [1.82, 2.24) is 15.5 Å². The number of hydrogen-bond donors (Lipinski definition) is 1. The number of carbonyl (C=O) groups excluding carboxylic acids is 1. The van der Waals surface area contributed by atoms with E-state index in [1.807, 2.05) is 13.0 Å². The zero-order chi connectivity index (χ0) is 12.1. The van der Waals surface area contributed by atoms with Gasteiger partial charge in [0.2, 0.25) is 0 Å². The summed E-state index contributed by atoms with van der Waals surface area (Å²) in [6.45, 7) is 2.39. The molecule has 2 aromatic heterocycles. The van der Waals surface area contributed by atoms with Gasteiger partial charge in [0.15, 0.2) is 0 Å². The molecular weight excluding hydrogens is 218 g/mol. The van der Waals surface area contributed by atoms with E-state index in [0.29, 0.717) is 18.5 Å². The molecule has 0 radical (unpaired) electrons. The van der Waals surface area contributed by atoms with Crippen molar-refractivity contribution in [3.8, 4) is 0 Å². The summed E-state index contributed by atoms with van der Waals surface area (Å²) >= 11 is 0. The molecule has 2 rings (SSSR count).